The van der Waals surface area contributed by atoms with Gasteiger partial charge in [-0.2, -0.15) is 0 Å². The summed E-state index contributed by atoms with van der Waals surface area (Å²) in [5.41, 5.74) is 1.07. The smallest absolute Gasteiger partial charge is 0.186 e. The Morgan fingerprint density at radius 2 is 2.05 bits per heavy atom. The molecular formula is C14H24N2O2S. The molecule has 4 nitrogen and oxygen atoms in total. The van der Waals surface area contributed by atoms with E-state index in [0.29, 0.717) is 5.92 Å². The van der Waals surface area contributed by atoms with Crippen molar-refractivity contribution in [1.82, 2.24) is 4.98 Å². The Bertz CT molecular complexity index is 412. The molecule has 0 amide bonds. The van der Waals surface area contributed by atoms with Crippen LogP contribution in [0.5, 0.6) is 0 Å². The standard InChI is InChI=1S/C14H24N2O2S/c1-5-9(2)13-12(8-17)19-14(15-13)16-6-10(3)18-11(4)7-16/h9-11,17H,5-8H2,1-4H3/t9?,10-,11+. The largest absolute Gasteiger partial charge is 0.391 e. The summed E-state index contributed by atoms with van der Waals surface area (Å²) >= 11 is 1.62. The van der Waals surface area contributed by atoms with Crippen LogP contribution < -0.4 is 4.90 Å². The lowest BCUT2D eigenvalue weighted by Crippen LogP contribution is -2.45. The minimum Gasteiger partial charge on any atom is -0.391 e. The lowest BCUT2D eigenvalue weighted by molar-refractivity contribution is -0.00523. The Morgan fingerprint density at radius 3 is 2.58 bits per heavy atom. The number of aromatic nitrogens is 1. The normalized spacial score (nSPS) is 25.6. The summed E-state index contributed by atoms with van der Waals surface area (Å²) in [6, 6.07) is 0. The molecule has 2 heterocycles. The van der Waals surface area contributed by atoms with Gasteiger partial charge in [0.05, 0.1) is 29.4 Å². The molecule has 108 valence electrons. The van der Waals surface area contributed by atoms with Crippen molar-refractivity contribution in [2.45, 2.75) is 58.8 Å². The van der Waals surface area contributed by atoms with Crippen molar-refractivity contribution < 1.29 is 9.84 Å². The third-order valence-electron chi connectivity index (χ3n) is 3.63. The fourth-order valence-corrected chi connectivity index (χ4v) is 3.57. The molecular weight excluding hydrogens is 260 g/mol. The minimum absolute atomic E-state index is 0.0901. The van der Waals surface area contributed by atoms with E-state index in [9.17, 15) is 5.11 Å². The van der Waals surface area contributed by atoms with Gasteiger partial charge in [-0.05, 0) is 26.2 Å². The predicted octanol–water partition coefficient (Wildman–Crippen LogP) is 2.76. The van der Waals surface area contributed by atoms with Crippen LogP contribution in [-0.2, 0) is 11.3 Å². The van der Waals surface area contributed by atoms with E-state index in [1.54, 1.807) is 11.3 Å². The maximum Gasteiger partial charge on any atom is 0.186 e. The highest BCUT2D eigenvalue weighted by molar-refractivity contribution is 7.15. The molecule has 0 aromatic carbocycles. The molecule has 1 aliphatic heterocycles. The summed E-state index contributed by atoms with van der Waals surface area (Å²) in [6.07, 6.45) is 1.51. The highest BCUT2D eigenvalue weighted by Gasteiger charge is 2.26. The monoisotopic (exact) mass is 284 g/mol. The lowest BCUT2D eigenvalue weighted by atomic mass is 10.0. The van der Waals surface area contributed by atoms with E-state index in [1.165, 1.54) is 0 Å². The van der Waals surface area contributed by atoms with Gasteiger partial charge in [-0.3, -0.25) is 0 Å². The Balaban J connectivity index is 2.22. The Kier molecular flexibility index (Phi) is 4.81. The van der Waals surface area contributed by atoms with Crippen LogP contribution in [0.25, 0.3) is 0 Å². The third-order valence-corrected chi connectivity index (χ3v) is 4.75. The molecule has 5 heteroatoms. The zero-order chi connectivity index (χ0) is 14.0. The minimum atomic E-state index is 0.0901. The Morgan fingerprint density at radius 1 is 1.42 bits per heavy atom. The number of aliphatic hydroxyl groups is 1. The van der Waals surface area contributed by atoms with Crippen molar-refractivity contribution in [3.05, 3.63) is 10.6 Å². The maximum atomic E-state index is 9.51. The summed E-state index contributed by atoms with van der Waals surface area (Å²) in [4.78, 5) is 8.07. The van der Waals surface area contributed by atoms with Crippen LogP contribution in [0.3, 0.4) is 0 Å². The molecule has 2 rings (SSSR count). The first-order chi connectivity index (χ1) is 9.05. The van der Waals surface area contributed by atoms with Crippen molar-refractivity contribution in [3.8, 4) is 0 Å². The SMILES string of the molecule is CCC(C)c1nc(N2C[C@@H](C)O[C@@H](C)C2)sc1CO. The van der Waals surface area contributed by atoms with Crippen LogP contribution in [0.2, 0.25) is 0 Å². The maximum absolute atomic E-state index is 9.51. The van der Waals surface area contributed by atoms with Gasteiger partial charge in [-0.25, -0.2) is 4.98 Å². The number of morpholine rings is 1. The molecule has 0 radical (unpaired) electrons. The van der Waals surface area contributed by atoms with Gasteiger partial charge in [0.25, 0.3) is 0 Å². The van der Waals surface area contributed by atoms with Crippen LogP contribution in [0.4, 0.5) is 5.13 Å². The van der Waals surface area contributed by atoms with Crippen molar-refractivity contribution in [2.75, 3.05) is 18.0 Å². The van der Waals surface area contributed by atoms with Gasteiger partial charge < -0.3 is 14.7 Å². The second-order valence-electron chi connectivity index (χ2n) is 5.43. The summed E-state index contributed by atoms with van der Waals surface area (Å²) in [5, 5.41) is 10.5. The van der Waals surface area contributed by atoms with Gasteiger partial charge in [-0.1, -0.05) is 25.2 Å². The Hall–Kier alpha value is -0.650. The fraction of sp³-hybridized carbons (Fsp3) is 0.786. The number of nitrogens with zero attached hydrogens (tertiary/aromatic N) is 2. The number of ether oxygens (including phenoxy) is 1. The number of hydrogen-bond acceptors (Lipinski definition) is 5. The first kappa shape index (κ1) is 14.8. The molecule has 3 atom stereocenters. The average Bonchev–Trinajstić information content (AvgIpc) is 2.80. The molecule has 1 aliphatic rings. The molecule has 1 saturated heterocycles. The second-order valence-corrected chi connectivity index (χ2v) is 6.50. The van der Waals surface area contributed by atoms with E-state index >= 15 is 0 Å². The number of thiazole rings is 1. The van der Waals surface area contributed by atoms with Gasteiger partial charge >= 0.3 is 0 Å². The number of rotatable bonds is 4. The zero-order valence-electron chi connectivity index (χ0n) is 12.2. The zero-order valence-corrected chi connectivity index (χ0v) is 13.0. The number of hydrogen-bond donors (Lipinski definition) is 1. The molecule has 1 aromatic heterocycles. The van der Waals surface area contributed by atoms with Gasteiger partial charge in [0.1, 0.15) is 0 Å². The number of anilines is 1. The average molecular weight is 284 g/mol. The molecule has 0 saturated carbocycles. The third kappa shape index (κ3) is 3.27. The highest BCUT2D eigenvalue weighted by Crippen LogP contribution is 2.33. The first-order valence-electron chi connectivity index (χ1n) is 7.06. The summed E-state index contributed by atoms with van der Waals surface area (Å²) in [7, 11) is 0. The first-order valence-corrected chi connectivity index (χ1v) is 7.87. The van der Waals surface area contributed by atoms with E-state index in [4.69, 9.17) is 9.72 Å². The molecule has 0 aliphatic carbocycles. The molecule has 0 spiro atoms. The molecule has 0 bridgehead atoms. The van der Waals surface area contributed by atoms with Crippen LogP contribution in [0.15, 0.2) is 0 Å². The second kappa shape index (κ2) is 6.20. The molecule has 1 N–H and O–H groups in total. The summed E-state index contributed by atoms with van der Waals surface area (Å²) in [6.45, 7) is 10.4. The fourth-order valence-electron chi connectivity index (χ4n) is 2.51. The molecule has 19 heavy (non-hydrogen) atoms. The van der Waals surface area contributed by atoms with Crippen LogP contribution in [-0.4, -0.2) is 35.4 Å². The van der Waals surface area contributed by atoms with E-state index in [1.807, 2.05) is 0 Å². The van der Waals surface area contributed by atoms with E-state index < -0.39 is 0 Å². The topological polar surface area (TPSA) is 45.6 Å². The highest BCUT2D eigenvalue weighted by atomic mass is 32.1. The van der Waals surface area contributed by atoms with Gasteiger partial charge in [0.15, 0.2) is 5.13 Å². The van der Waals surface area contributed by atoms with Gasteiger partial charge in [-0.15, -0.1) is 0 Å². The predicted molar refractivity (Wildman–Crippen MR) is 79.0 cm³/mol. The number of aliphatic hydroxyl groups excluding tert-OH is 1. The summed E-state index contributed by atoms with van der Waals surface area (Å²) in [5.74, 6) is 0.406. The quantitative estimate of drug-likeness (QED) is 0.923. The van der Waals surface area contributed by atoms with E-state index in [0.717, 1.165) is 35.2 Å². The molecule has 1 unspecified atom stereocenters. The van der Waals surface area contributed by atoms with Crippen molar-refractivity contribution >= 4 is 16.5 Å². The molecule has 1 aromatic rings. The lowest BCUT2D eigenvalue weighted by Gasteiger charge is -2.35. The van der Waals surface area contributed by atoms with Gasteiger partial charge in [0, 0.05) is 13.1 Å². The van der Waals surface area contributed by atoms with Crippen molar-refractivity contribution in [2.24, 2.45) is 0 Å². The Labute approximate surface area is 119 Å². The van der Waals surface area contributed by atoms with Gasteiger partial charge in [0.2, 0.25) is 0 Å². The van der Waals surface area contributed by atoms with Crippen LogP contribution >= 0.6 is 11.3 Å². The van der Waals surface area contributed by atoms with E-state index in [2.05, 4.69) is 32.6 Å². The van der Waals surface area contributed by atoms with Crippen LogP contribution in [0, 0.1) is 0 Å². The molecule has 1 fully saturated rings. The van der Waals surface area contributed by atoms with Crippen molar-refractivity contribution in [1.29, 1.82) is 0 Å². The van der Waals surface area contributed by atoms with Crippen LogP contribution in [0.1, 0.15) is 50.6 Å². The van der Waals surface area contributed by atoms with E-state index in [-0.39, 0.29) is 18.8 Å². The summed E-state index contributed by atoms with van der Waals surface area (Å²) < 4.78 is 5.76. The van der Waals surface area contributed by atoms with Crippen molar-refractivity contribution in [3.63, 3.8) is 0 Å².